The molecule has 124 valence electrons. The van der Waals surface area contributed by atoms with Gasteiger partial charge < -0.3 is 10.1 Å². The Kier molecular flexibility index (Phi) is 4.42. The van der Waals surface area contributed by atoms with Gasteiger partial charge in [0.05, 0.1) is 12.0 Å². The highest BCUT2D eigenvalue weighted by molar-refractivity contribution is 5.99. The summed E-state index contributed by atoms with van der Waals surface area (Å²) < 4.78 is 5.21. The van der Waals surface area contributed by atoms with Gasteiger partial charge in [0, 0.05) is 12.1 Å². The van der Waals surface area contributed by atoms with Gasteiger partial charge in [-0.15, -0.1) is 0 Å². The molecule has 1 aromatic rings. The minimum atomic E-state index is -0.289. The second kappa shape index (κ2) is 6.34. The number of hydrogen-bond acceptors (Lipinski definition) is 3. The van der Waals surface area contributed by atoms with E-state index in [-0.39, 0.29) is 23.7 Å². The van der Waals surface area contributed by atoms with Gasteiger partial charge in [-0.05, 0) is 30.2 Å². The number of hydrogen-bond donors (Lipinski definition) is 1. The van der Waals surface area contributed by atoms with E-state index in [2.05, 4.69) is 19.2 Å². The van der Waals surface area contributed by atoms with Crippen LogP contribution in [0.2, 0.25) is 0 Å². The van der Waals surface area contributed by atoms with Crippen LogP contribution < -0.4 is 10.1 Å². The monoisotopic (exact) mass is 315 g/mol. The Morgan fingerprint density at radius 1 is 1.26 bits per heavy atom. The lowest BCUT2D eigenvalue weighted by Crippen LogP contribution is -2.39. The molecule has 1 saturated carbocycles. The zero-order chi connectivity index (χ0) is 16.4. The van der Waals surface area contributed by atoms with E-state index in [1.807, 2.05) is 12.1 Å². The Hall–Kier alpha value is -1.84. The van der Waals surface area contributed by atoms with Crippen molar-refractivity contribution in [1.29, 1.82) is 0 Å². The topological polar surface area (TPSA) is 55.4 Å². The standard InChI is InChI=1S/C19H25NO3/c1-19(2,14-8-4-3-5-9-14)12-20-18(22)15-10-6-7-13-11-16(21)23-17(13)15/h6-7,10,14H,3-5,8-9,11-12H2,1-2H3,(H,20,22). The van der Waals surface area contributed by atoms with Crippen molar-refractivity contribution in [1.82, 2.24) is 5.32 Å². The zero-order valence-corrected chi connectivity index (χ0v) is 14.0. The maximum atomic E-state index is 12.5. The van der Waals surface area contributed by atoms with Gasteiger partial charge in [-0.25, -0.2) is 0 Å². The van der Waals surface area contributed by atoms with Crippen LogP contribution in [0.1, 0.15) is 61.9 Å². The molecule has 1 aromatic carbocycles. The van der Waals surface area contributed by atoms with Crippen molar-refractivity contribution in [3.63, 3.8) is 0 Å². The molecule has 1 aliphatic carbocycles. The quantitative estimate of drug-likeness (QED) is 0.683. The fourth-order valence-electron chi connectivity index (χ4n) is 3.76. The fourth-order valence-corrected chi connectivity index (χ4v) is 3.76. The molecule has 1 aliphatic heterocycles. The molecule has 4 heteroatoms. The molecule has 0 bridgehead atoms. The van der Waals surface area contributed by atoms with Crippen molar-refractivity contribution in [3.05, 3.63) is 29.3 Å². The molecular formula is C19H25NO3. The van der Waals surface area contributed by atoms with Crippen LogP contribution in [0.3, 0.4) is 0 Å². The maximum absolute atomic E-state index is 12.5. The van der Waals surface area contributed by atoms with Gasteiger partial charge in [0.25, 0.3) is 5.91 Å². The third-order valence-corrected chi connectivity index (χ3v) is 5.31. The normalized spacial score (nSPS) is 18.4. The molecule has 3 rings (SSSR count). The lowest BCUT2D eigenvalue weighted by molar-refractivity contribution is -0.131. The summed E-state index contributed by atoms with van der Waals surface area (Å²) >= 11 is 0. The van der Waals surface area contributed by atoms with Crippen LogP contribution in [0.5, 0.6) is 5.75 Å². The summed E-state index contributed by atoms with van der Waals surface area (Å²) in [4.78, 5) is 24.0. The van der Waals surface area contributed by atoms with Gasteiger partial charge in [-0.1, -0.05) is 45.2 Å². The molecule has 4 nitrogen and oxygen atoms in total. The molecule has 0 unspecified atom stereocenters. The van der Waals surface area contributed by atoms with Crippen LogP contribution >= 0.6 is 0 Å². The molecule has 1 fully saturated rings. The third-order valence-electron chi connectivity index (χ3n) is 5.31. The molecule has 2 aliphatic rings. The molecule has 0 aromatic heterocycles. The van der Waals surface area contributed by atoms with E-state index in [4.69, 9.17) is 4.74 Å². The number of esters is 1. The van der Waals surface area contributed by atoms with Gasteiger partial charge in [0.2, 0.25) is 0 Å². The van der Waals surface area contributed by atoms with E-state index in [0.29, 0.717) is 23.8 Å². The second-order valence-corrected chi connectivity index (χ2v) is 7.45. The summed E-state index contributed by atoms with van der Waals surface area (Å²) in [6, 6.07) is 5.37. The summed E-state index contributed by atoms with van der Waals surface area (Å²) in [6.07, 6.45) is 6.68. The summed E-state index contributed by atoms with van der Waals surface area (Å²) in [7, 11) is 0. The number of nitrogens with one attached hydrogen (secondary N) is 1. The van der Waals surface area contributed by atoms with Crippen LogP contribution in [-0.4, -0.2) is 18.4 Å². The number of fused-ring (bicyclic) bond motifs is 1. The average molecular weight is 315 g/mol. The number of carbonyl (C=O) groups excluding carboxylic acids is 2. The molecule has 1 heterocycles. The molecule has 0 atom stereocenters. The Balaban J connectivity index is 1.66. The minimum Gasteiger partial charge on any atom is -0.425 e. The van der Waals surface area contributed by atoms with Crippen LogP contribution in [0.15, 0.2) is 18.2 Å². The Morgan fingerprint density at radius 3 is 2.74 bits per heavy atom. The van der Waals surface area contributed by atoms with Crippen LogP contribution in [0.25, 0.3) is 0 Å². The van der Waals surface area contributed by atoms with Crippen LogP contribution in [0.4, 0.5) is 0 Å². The van der Waals surface area contributed by atoms with Crippen LogP contribution in [0, 0.1) is 11.3 Å². The van der Waals surface area contributed by atoms with E-state index in [0.717, 1.165) is 5.56 Å². The molecule has 0 radical (unpaired) electrons. The summed E-state index contributed by atoms with van der Waals surface area (Å²) in [5.74, 6) is 0.657. The Bertz CT molecular complexity index is 615. The first-order valence-corrected chi connectivity index (χ1v) is 8.58. The highest BCUT2D eigenvalue weighted by atomic mass is 16.5. The Morgan fingerprint density at radius 2 is 2.00 bits per heavy atom. The van der Waals surface area contributed by atoms with E-state index in [9.17, 15) is 9.59 Å². The van der Waals surface area contributed by atoms with Crippen LogP contribution in [-0.2, 0) is 11.2 Å². The number of para-hydroxylation sites is 1. The SMILES string of the molecule is CC(C)(CNC(=O)c1cccc2c1OC(=O)C2)C1CCCCC1. The van der Waals surface area contributed by atoms with E-state index < -0.39 is 0 Å². The van der Waals surface area contributed by atoms with Gasteiger partial charge in [-0.2, -0.15) is 0 Å². The zero-order valence-electron chi connectivity index (χ0n) is 14.0. The molecule has 1 amide bonds. The molecule has 0 saturated heterocycles. The van der Waals surface area contributed by atoms with Crippen molar-refractivity contribution in [2.45, 2.75) is 52.4 Å². The summed E-state index contributed by atoms with van der Waals surface area (Å²) in [6.45, 7) is 5.12. The number of benzene rings is 1. The molecule has 0 spiro atoms. The van der Waals surface area contributed by atoms with Gasteiger partial charge in [0.1, 0.15) is 5.75 Å². The third kappa shape index (κ3) is 3.41. The van der Waals surface area contributed by atoms with Gasteiger partial charge in [-0.3, -0.25) is 9.59 Å². The first-order valence-electron chi connectivity index (χ1n) is 8.58. The smallest absolute Gasteiger partial charge is 0.315 e. The lowest BCUT2D eigenvalue weighted by Gasteiger charge is -2.37. The van der Waals surface area contributed by atoms with E-state index in [1.54, 1.807) is 6.07 Å². The van der Waals surface area contributed by atoms with Crippen molar-refractivity contribution in [2.24, 2.45) is 11.3 Å². The summed E-state index contributed by atoms with van der Waals surface area (Å²) in [5, 5.41) is 3.05. The molecule has 23 heavy (non-hydrogen) atoms. The fraction of sp³-hybridized carbons (Fsp3) is 0.579. The molecule has 1 N–H and O–H groups in total. The van der Waals surface area contributed by atoms with Crippen molar-refractivity contribution < 1.29 is 14.3 Å². The first kappa shape index (κ1) is 16.0. The first-order chi connectivity index (χ1) is 11.0. The van der Waals surface area contributed by atoms with Crippen molar-refractivity contribution in [2.75, 3.05) is 6.54 Å². The van der Waals surface area contributed by atoms with Gasteiger partial charge >= 0.3 is 5.97 Å². The van der Waals surface area contributed by atoms with Crippen molar-refractivity contribution in [3.8, 4) is 5.75 Å². The van der Waals surface area contributed by atoms with E-state index in [1.165, 1.54) is 32.1 Å². The Labute approximate surface area is 137 Å². The highest BCUT2D eigenvalue weighted by Crippen LogP contribution is 2.38. The lowest BCUT2D eigenvalue weighted by atomic mass is 9.71. The van der Waals surface area contributed by atoms with Crippen molar-refractivity contribution >= 4 is 11.9 Å². The number of carbonyl (C=O) groups is 2. The largest absolute Gasteiger partial charge is 0.425 e. The molecular weight excluding hydrogens is 290 g/mol. The minimum absolute atomic E-state index is 0.0880. The van der Waals surface area contributed by atoms with Gasteiger partial charge in [0.15, 0.2) is 0 Å². The number of amides is 1. The second-order valence-electron chi connectivity index (χ2n) is 7.45. The highest BCUT2D eigenvalue weighted by Gasteiger charge is 2.32. The average Bonchev–Trinajstić information content (AvgIpc) is 2.93. The van der Waals surface area contributed by atoms with E-state index >= 15 is 0 Å². The number of ether oxygens (including phenoxy) is 1. The predicted molar refractivity (Wildman–Crippen MR) is 88.5 cm³/mol. The number of rotatable bonds is 4. The predicted octanol–water partition coefficient (Wildman–Crippen LogP) is 3.48. The maximum Gasteiger partial charge on any atom is 0.315 e. The summed E-state index contributed by atoms with van der Waals surface area (Å²) in [5.41, 5.74) is 1.35.